The third-order valence-corrected chi connectivity index (χ3v) is 6.70. The largest absolute Gasteiger partial charge is 0.471 e. The van der Waals surface area contributed by atoms with Crippen LogP contribution in [-0.2, 0) is 4.79 Å². The minimum absolute atomic E-state index is 0.0593. The molecule has 0 fully saturated rings. The Morgan fingerprint density at radius 3 is 2.46 bits per heavy atom. The summed E-state index contributed by atoms with van der Waals surface area (Å²) in [5.41, 5.74) is 1.76. The van der Waals surface area contributed by atoms with Gasteiger partial charge in [0.15, 0.2) is 0 Å². The zero-order chi connectivity index (χ0) is 28.3. The quantitative estimate of drug-likeness (QED) is 0.284. The molecule has 2 heterocycles. The number of fused-ring (bicyclic) bond motifs is 1. The van der Waals surface area contributed by atoms with Gasteiger partial charge in [0.25, 0.3) is 11.8 Å². The van der Waals surface area contributed by atoms with Crippen molar-refractivity contribution in [1.82, 2.24) is 9.97 Å². The molecule has 3 N–H and O–H groups in total. The molecule has 0 aliphatic rings. The molecule has 9 nitrogen and oxygen atoms in total. The maximum absolute atomic E-state index is 13.2. The highest BCUT2D eigenvalue weighted by molar-refractivity contribution is 7.21. The van der Waals surface area contributed by atoms with Crippen molar-refractivity contribution in [2.75, 3.05) is 16.0 Å². The Morgan fingerprint density at radius 1 is 1.00 bits per heavy atom. The molecule has 0 saturated carbocycles. The van der Waals surface area contributed by atoms with Crippen molar-refractivity contribution in [3.8, 4) is 6.07 Å². The van der Waals surface area contributed by atoms with Gasteiger partial charge < -0.3 is 16.0 Å². The average molecular weight is 553 g/mol. The number of benzene rings is 2. The van der Waals surface area contributed by atoms with E-state index in [9.17, 15) is 27.6 Å². The minimum Gasteiger partial charge on any atom is -0.322 e. The Hall–Kier alpha value is -4.83. The average Bonchev–Trinajstić information content (AvgIpc) is 3.28. The molecule has 2 aromatic heterocycles. The number of nitrogens with one attached hydrogen (secondary N) is 3. The van der Waals surface area contributed by atoms with Gasteiger partial charge in [0.2, 0.25) is 0 Å². The Bertz CT molecular complexity index is 1640. The van der Waals surface area contributed by atoms with E-state index in [0.717, 1.165) is 11.3 Å². The van der Waals surface area contributed by atoms with Crippen molar-refractivity contribution in [3.63, 3.8) is 0 Å². The van der Waals surface area contributed by atoms with Crippen LogP contribution in [0.3, 0.4) is 0 Å². The number of hydrogen-bond acceptors (Lipinski definition) is 7. The van der Waals surface area contributed by atoms with Crippen LogP contribution in [0.1, 0.15) is 44.0 Å². The lowest BCUT2D eigenvalue weighted by Gasteiger charge is -2.13. The molecule has 3 amide bonds. The number of aromatic nitrogens is 2. The second-order valence-electron chi connectivity index (χ2n) is 8.38. The third kappa shape index (κ3) is 6.02. The number of thiophene rings is 1. The molecule has 39 heavy (non-hydrogen) atoms. The summed E-state index contributed by atoms with van der Waals surface area (Å²) in [6, 6.07) is 13.5. The van der Waals surface area contributed by atoms with Crippen molar-refractivity contribution in [2.45, 2.75) is 25.9 Å². The summed E-state index contributed by atoms with van der Waals surface area (Å²) >= 11 is 0.767. The van der Waals surface area contributed by atoms with Crippen LogP contribution >= 0.6 is 11.3 Å². The summed E-state index contributed by atoms with van der Waals surface area (Å²) in [7, 11) is 0. The topological polar surface area (TPSA) is 137 Å². The van der Waals surface area contributed by atoms with E-state index in [1.165, 1.54) is 18.5 Å². The van der Waals surface area contributed by atoms with Gasteiger partial charge in [0.1, 0.15) is 15.2 Å². The smallest absolute Gasteiger partial charge is 0.322 e. The number of amides is 3. The lowest BCUT2D eigenvalue weighted by atomic mass is 10.00. The molecule has 13 heteroatoms. The molecule has 1 atom stereocenters. The number of nitriles is 1. The highest BCUT2D eigenvalue weighted by atomic mass is 32.1. The first kappa shape index (κ1) is 27.2. The first-order chi connectivity index (χ1) is 18.5. The van der Waals surface area contributed by atoms with Gasteiger partial charge in [-0.2, -0.15) is 18.4 Å². The van der Waals surface area contributed by atoms with Gasteiger partial charge in [0.05, 0.1) is 17.7 Å². The Balaban J connectivity index is 1.59. The van der Waals surface area contributed by atoms with E-state index in [1.807, 2.05) is 0 Å². The molecule has 0 aliphatic carbocycles. The van der Waals surface area contributed by atoms with Gasteiger partial charge in [-0.25, -0.2) is 9.97 Å². The van der Waals surface area contributed by atoms with Crippen LogP contribution in [0.25, 0.3) is 10.3 Å². The van der Waals surface area contributed by atoms with Crippen molar-refractivity contribution in [2.24, 2.45) is 0 Å². The molecule has 0 spiro atoms. The molecule has 198 valence electrons. The fraction of sp³-hybridized carbons (Fsp3) is 0.154. The van der Waals surface area contributed by atoms with Gasteiger partial charge in [-0.15, -0.1) is 11.3 Å². The molecule has 0 saturated heterocycles. The number of anilines is 3. The van der Waals surface area contributed by atoms with Crippen LogP contribution in [0, 0.1) is 18.3 Å². The number of halogens is 3. The third-order valence-electron chi connectivity index (χ3n) is 5.62. The van der Waals surface area contributed by atoms with Crippen molar-refractivity contribution >= 4 is 56.5 Å². The molecule has 2 aromatic carbocycles. The van der Waals surface area contributed by atoms with Crippen LogP contribution < -0.4 is 16.0 Å². The fourth-order valence-electron chi connectivity index (χ4n) is 3.53. The van der Waals surface area contributed by atoms with Crippen LogP contribution in [0.5, 0.6) is 0 Å². The van der Waals surface area contributed by atoms with Gasteiger partial charge >= 0.3 is 12.1 Å². The second-order valence-corrected chi connectivity index (χ2v) is 9.38. The van der Waals surface area contributed by atoms with Crippen molar-refractivity contribution < 1.29 is 27.6 Å². The van der Waals surface area contributed by atoms with Crippen LogP contribution in [0.15, 0.2) is 54.9 Å². The van der Waals surface area contributed by atoms with Gasteiger partial charge in [-0.1, -0.05) is 18.2 Å². The standard InChI is InChI=1S/C26H19F3N6O3S/c1-13-6-7-17(33-22(36)16-5-3-4-15(10-16)14(2)12-30)11-18(13)34-23(37)21-19(35-25(38)26(27,28)29)20-24(39-21)32-9-8-31-20/h3-11,14H,1-2H3,(H,33,36)(H,34,37)(H,35,38). The van der Waals surface area contributed by atoms with Gasteiger partial charge in [-0.3, -0.25) is 14.4 Å². The minimum atomic E-state index is -5.18. The van der Waals surface area contributed by atoms with Gasteiger partial charge in [-0.05, 0) is 49.2 Å². The summed E-state index contributed by atoms with van der Waals surface area (Å²) in [6.45, 7) is 3.41. The SMILES string of the molecule is Cc1ccc(NC(=O)c2cccc(C(C)C#N)c2)cc1NC(=O)c1sc2nccnc2c1NC(=O)C(F)(F)F. The second kappa shape index (κ2) is 10.9. The number of rotatable bonds is 6. The molecular formula is C26H19F3N6O3S. The highest BCUT2D eigenvalue weighted by Gasteiger charge is 2.40. The number of hydrogen-bond donors (Lipinski definition) is 3. The number of carbonyl (C=O) groups is 3. The molecule has 0 aliphatic heterocycles. The van der Waals surface area contributed by atoms with E-state index in [2.05, 4.69) is 26.7 Å². The molecule has 4 aromatic rings. The molecule has 0 radical (unpaired) electrons. The summed E-state index contributed by atoms with van der Waals surface area (Å²) < 4.78 is 38.8. The van der Waals surface area contributed by atoms with E-state index in [0.29, 0.717) is 22.4 Å². The van der Waals surface area contributed by atoms with Crippen molar-refractivity contribution in [3.05, 3.63) is 76.4 Å². The predicted octanol–water partition coefficient (Wildman–Crippen LogP) is 5.63. The summed E-state index contributed by atoms with van der Waals surface area (Å²) in [5.74, 6) is -3.90. The Kier molecular flexibility index (Phi) is 7.59. The van der Waals surface area contributed by atoms with Crippen LogP contribution in [-0.4, -0.2) is 33.9 Å². The van der Waals surface area contributed by atoms with Crippen LogP contribution in [0.2, 0.25) is 0 Å². The molecular weight excluding hydrogens is 533 g/mol. The van der Waals surface area contributed by atoms with E-state index >= 15 is 0 Å². The van der Waals surface area contributed by atoms with E-state index in [-0.39, 0.29) is 20.9 Å². The van der Waals surface area contributed by atoms with E-state index in [1.54, 1.807) is 55.6 Å². The number of aryl methyl sites for hydroxylation is 1. The zero-order valence-corrected chi connectivity index (χ0v) is 21.2. The number of nitrogens with zero attached hydrogens (tertiary/aromatic N) is 3. The lowest BCUT2D eigenvalue weighted by molar-refractivity contribution is -0.167. The number of carbonyl (C=O) groups excluding carboxylic acids is 3. The number of alkyl halides is 3. The fourth-order valence-corrected chi connectivity index (χ4v) is 4.48. The first-order valence-electron chi connectivity index (χ1n) is 11.3. The monoisotopic (exact) mass is 552 g/mol. The van der Waals surface area contributed by atoms with E-state index in [4.69, 9.17) is 5.26 Å². The van der Waals surface area contributed by atoms with Gasteiger partial charge in [0, 0.05) is 29.3 Å². The van der Waals surface area contributed by atoms with Crippen molar-refractivity contribution in [1.29, 1.82) is 5.26 Å². The summed E-state index contributed by atoms with van der Waals surface area (Å²) in [5, 5.41) is 16.2. The van der Waals surface area contributed by atoms with Crippen LogP contribution in [0.4, 0.5) is 30.2 Å². The molecule has 1 unspecified atom stereocenters. The Labute approximate surface area is 223 Å². The zero-order valence-electron chi connectivity index (χ0n) is 20.4. The molecule has 0 bridgehead atoms. The normalized spacial score (nSPS) is 11.9. The summed E-state index contributed by atoms with van der Waals surface area (Å²) in [6.07, 6.45) is -2.64. The highest BCUT2D eigenvalue weighted by Crippen LogP contribution is 2.35. The summed E-state index contributed by atoms with van der Waals surface area (Å²) in [4.78, 5) is 45.5. The predicted molar refractivity (Wildman–Crippen MR) is 140 cm³/mol. The first-order valence-corrected chi connectivity index (χ1v) is 12.1. The van der Waals surface area contributed by atoms with E-state index < -0.39 is 35.5 Å². The maximum Gasteiger partial charge on any atom is 0.471 e. The lowest BCUT2D eigenvalue weighted by Crippen LogP contribution is -2.30. The molecule has 4 rings (SSSR count). The maximum atomic E-state index is 13.2. The Morgan fingerprint density at radius 2 is 1.74 bits per heavy atom.